The van der Waals surface area contributed by atoms with E-state index in [2.05, 4.69) is 20.9 Å². The van der Waals surface area contributed by atoms with Gasteiger partial charge in [0, 0.05) is 20.6 Å². The number of allylic oxidation sites excluding steroid dienone is 2. The molecule has 0 fully saturated rings. The third-order valence-electron chi connectivity index (χ3n) is 5.09. The fourth-order valence-electron chi connectivity index (χ4n) is 3.67. The zero-order valence-electron chi connectivity index (χ0n) is 17.0. The number of rotatable bonds is 6. The van der Waals surface area contributed by atoms with Gasteiger partial charge in [0.1, 0.15) is 12.4 Å². The van der Waals surface area contributed by atoms with Crippen LogP contribution in [0.4, 0.5) is 0 Å². The van der Waals surface area contributed by atoms with Gasteiger partial charge in [-0.1, -0.05) is 51.8 Å². The molecule has 1 aliphatic carbocycles. The van der Waals surface area contributed by atoms with Crippen LogP contribution in [0.2, 0.25) is 5.02 Å². The Hall–Kier alpha value is -1.63. The summed E-state index contributed by atoms with van der Waals surface area (Å²) in [5.41, 5.74) is 4.66. The summed E-state index contributed by atoms with van der Waals surface area (Å²) in [6.07, 6.45) is 2.62. The normalized spacial score (nSPS) is 13.1. The fraction of sp³-hybridized carbons (Fsp3) is 0.167. The van der Waals surface area contributed by atoms with E-state index < -0.39 is 5.97 Å². The predicted octanol–water partition coefficient (Wildman–Crippen LogP) is 2.54. The van der Waals surface area contributed by atoms with Gasteiger partial charge in [-0.2, -0.15) is 0 Å². The molecule has 0 bridgehead atoms. The van der Waals surface area contributed by atoms with E-state index >= 15 is 0 Å². The molecule has 0 radical (unpaired) electrons. The molecule has 0 saturated heterocycles. The smallest absolute Gasteiger partial charge is 0.543 e. The Kier molecular flexibility index (Phi) is 8.36. The van der Waals surface area contributed by atoms with Crippen LogP contribution in [0.15, 0.2) is 65.1 Å². The molecule has 7 heteroatoms. The number of aromatic nitrogens is 1. The molecule has 0 unspecified atom stereocenters. The second kappa shape index (κ2) is 10.8. The van der Waals surface area contributed by atoms with Crippen LogP contribution in [-0.4, -0.2) is 11.0 Å². The first kappa shape index (κ1) is 24.0. The second-order valence-corrected chi connectivity index (χ2v) is 8.32. The van der Waals surface area contributed by atoms with Gasteiger partial charge in [0.15, 0.2) is 0 Å². The molecule has 31 heavy (non-hydrogen) atoms. The van der Waals surface area contributed by atoms with Crippen LogP contribution in [0.3, 0.4) is 0 Å². The number of carboxylic acid groups (broad SMARTS) is 1. The molecule has 1 aromatic heterocycles. The van der Waals surface area contributed by atoms with Crippen molar-refractivity contribution in [2.75, 3.05) is 0 Å². The minimum Gasteiger partial charge on any atom is -0.543 e. The van der Waals surface area contributed by atoms with E-state index in [0.717, 1.165) is 51.8 Å². The van der Waals surface area contributed by atoms with Crippen LogP contribution in [0.1, 0.15) is 46.6 Å². The monoisotopic (exact) mass is 505 g/mol. The molecular formula is C24H18BrClNNaO3. The summed E-state index contributed by atoms with van der Waals surface area (Å²) in [5, 5.41) is 11.9. The van der Waals surface area contributed by atoms with Gasteiger partial charge in [-0.15, -0.1) is 0 Å². The summed E-state index contributed by atoms with van der Waals surface area (Å²) < 4.78 is 7.16. The van der Waals surface area contributed by atoms with E-state index in [1.807, 2.05) is 48.5 Å². The van der Waals surface area contributed by atoms with Gasteiger partial charge < -0.3 is 14.6 Å². The molecule has 1 heterocycles. The van der Waals surface area contributed by atoms with Crippen LogP contribution in [0, 0.1) is 0 Å². The summed E-state index contributed by atoms with van der Waals surface area (Å²) in [7, 11) is 0. The number of carbonyl (C=O) groups is 1. The Bertz CT molecular complexity index is 1150. The van der Waals surface area contributed by atoms with Crippen LogP contribution in [0.5, 0.6) is 5.75 Å². The van der Waals surface area contributed by atoms with Gasteiger partial charge in [0.25, 0.3) is 0 Å². The summed E-state index contributed by atoms with van der Waals surface area (Å²) >= 11 is 9.86. The van der Waals surface area contributed by atoms with E-state index in [1.165, 1.54) is 6.07 Å². The zero-order chi connectivity index (χ0) is 21.1. The van der Waals surface area contributed by atoms with E-state index in [1.54, 1.807) is 6.07 Å². The topological polar surface area (TPSA) is 62.2 Å². The number of aromatic carboxylic acids is 1. The Morgan fingerprint density at radius 2 is 1.84 bits per heavy atom. The van der Waals surface area contributed by atoms with Crippen molar-refractivity contribution in [2.24, 2.45) is 0 Å². The molecule has 0 amide bonds. The van der Waals surface area contributed by atoms with E-state index in [-0.39, 0.29) is 35.3 Å². The van der Waals surface area contributed by atoms with Gasteiger partial charge in [0.2, 0.25) is 0 Å². The number of hydrogen-bond donors (Lipinski definition) is 0. The first-order valence-corrected chi connectivity index (χ1v) is 10.8. The average Bonchev–Trinajstić information content (AvgIpc) is 3.24. The molecule has 0 atom stereocenters. The number of pyridine rings is 1. The van der Waals surface area contributed by atoms with E-state index in [4.69, 9.17) is 16.3 Å². The summed E-state index contributed by atoms with van der Waals surface area (Å²) in [5.74, 6) is -0.544. The molecule has 3 aromatic rings. The van der Waals surface area contributed by atoms with Crippen LogP contribution >= 0.6 is 27.5 Å². The number of halogens is 2. The third kappa shape index (κ3) is 5.60. The number of carboxylic acids is 1. The number of benzene rings is 2. The molecule has 4 rings (SSSR count). The standard InChI is InChI=1S/C24H19BrClNO3.Na/c25-20-8-2-1-5-15(20)14-30-23-12-11-16(26)13-19(23)17-6-3-7-18(17)21-9-4-10-22(27-21)24(28)29;/h1-2,4-5,8-13H,3,6-7,14H2,(H,28,29);/q;+1/p-1. The molecule has 0 saturated carbocycles. The van der Waals surface area contributed by atoms with Crippen molar-refractivity contribution in [3.05, 3.63) is 92.7 Å². The Labute approximate surface area is 216 Å². The second-order valence-electron chi connectivity index (χ2n) is 7.03. The Balaban J connectivity index is 0.00000272. The van der Waals surface area contributed by atoms with Crippen LogP contribution in [0.25, 0.3) is 11.1 Å². The first-order chi connectivity index (χ1) is 14.5. The van der Waals surface area contributed by atoms with Gasteiger partial charge in [-0.25, -0.2) is 4.98 Å². The van der Waals surface area contributed by atoms with Crippen LogP contribution in [-0.2, 0) is 6.61 Å². The Morgan fingerprint density at radius 3 is 2.61 bits per heavy atom. The van der Waals surface area contributed by atoms with Crippen LogP contribution < -0.4 is 39.4 Å². The van der Waals surface area contributed by atoms with Gasteiger partial charge in [0.05, 0.1) is 17.4 Å². The molecule has 4 nitrogen and oxygen atoms in total. The molecule has 152 valence electrons. The molecule has 2 aromatic carbocycles. The molecule has 0 aliphatic heterocycles. The zero-order valence-corrected chi connectivity index (χ0v) is 21.4. The average molecular weight is 507 g/mol. The maximum Gasteiger partial charge on any atom is 1.00 e. The fourth-order valence-corrected chi connectivity index (χ4v) is 4.25. The van der Waals surface area contributed by atoms with Crippen molar-refractivity contribution in [1.82, 2.24) is 4.98 Å². The summed E-state index contributed by atoms with van der Waals surface area (Å²) in [6.45, 7) is 0.414. The minimum absolute atomic E-state index is 0. The summed E-state index contributed by atoms with van der Waals surface area (Å²) in [6, 6.07) is 18.5. The predicted molar refractivity (Wildman–Crippen MR) is 119 cm³/mol. The van der Waals surface area contributed by atoms with Gasteiger partial charge >= 0.3 is 29.6 Å². The van der Waals surface area contributed by atoms with Crippen molar-refractivity contribution in [2.45, 2.75) is 25.9 Å². The largest absolute Gasteiger partial charge is 1.00 e. The quantitative estimate of drug-likeness (QED) is 0.482. The molecule has 0 N–H and O–H groups in total. The van der Waals surface area contributed by atoms with Crippen molar-refractivity contribution in [1.29, 1.82) is 0 Å². The third-order valence-corrected chi connectivity index (χ3v) is 6.10. The van der Waals surface area contributed by atoms with Crippen molar-refractivity contribution in [3.63, 3.8) is 0 Å². The van der Waals surface area contributed by atoms with Gasteiger partial charge in [-0.05, 0) is 66.8 Å². The number of carbonyl (C=O) groups excluding carboxylic acids is 1. The molecule has 1 aliphatic rings. The summed E-state index contributed by atoms with van der Waals surface area (Å²) in [4.78, 5) is 15.5. The SMILES string of the molecule is O=C([O-])c1cccc(C2=C(c3cc(Cl)ccc3OCc3ccccc3Br)CCC2)n1.[Na+]. The number of hydrogen-bond acceptors (Lipinski definition) is 4. The maximum atomic E-state index is 11.2. The number of ether oxygens (including phenoxy) is 1. The Morgan fingerprint density at radius 1 is 1.06 bits per heavy atom. The van der Waals surface area contributed by atoms with E-state index in [0.29, 0.717) is 17.3 Å². The van der Waals surface area contributed by atoms with Crippen molar-refractivity contribution in [3.8, 4) is 5.75 Å². The maximum absolute atomic E-state index is 11.2. The number of nitrogens with zero attached hydrogens (tertiary/aromatic N) is 1. The van der Waals surface area contributed by atoms with Gasteiger partial charge in [-0.3, -0.25) is 0 Å². The molecular weight excluding hydrogens is 489 g/mol. The van der Waals surface area contributed by atoms with Crippen molar-refractivity contribution >= 4 is 44.6 Å². The van der Waals surface area contributed by atoms with E-state index in [9.17, 15) is 9.90 Å². The molecule has 0 spiro atoms. The first-order valence-electron chi connectivity index (χ1n) is 9.60. The minimum atomic E-state index is -1.28. The van der Waals surface area contributed by atoms with Crippen molar-refractivity contribution < 1.29 is 44.2 Å².